The second kappa shape index (κ2) is 7.69. The lowest BCUT2D eigenvalue weighted by Gasteiger charge is -2.18. The monoisotopic (exact) mass is 334 g/mol. The van der Waals surface area contributed by atoms with Crippen LogP contribution in [0.1, 0.15) is 34.8 Å². The molecule has 7 heteroatoms. The molecule has 1 aromatic heterocycles. The van der Waals surface area contributed by atoms with Gasteiger partial charge < -0.3 is 20.8 Å². The average molecular weight is 335 g/mol. The van der Waals surface area contributed by atoms with E-state index in [0.717, 1.165) is 5.56 Å². The maximum Gasteiger partial charge on any atom is 0.284 e. The van der Waals surface area contributed by atoms with E-state index in [0.29, 0.717) is 23.3 Å². The van der Waals surface area contributed by atoms with Crippen LogP contribution in [0.25, 0.3) is 0 Å². The minimum absolute atomic E-state index is 0.0256. The van der Waals surface area contributed by atoms with E-state index >= 15 is 0 Å². The van der Waals surface area contributed by atoms with Gasteiger partial charge in [0, 0.05) is 12.1 Å². The highest BCUT2D eigenvalue weighted by molar-refractivity contribution is 6.30. The van der Waals surface area contributed by atoms with Crippen molar-refractivity contribution in [1.82, 2.24) is 10.6 Å². The van der Waals surface area contributed by atoms with Gasteiger partial charge in [0.2, 0.25) is 0 Å². The van der Waals surface area contributed by atoms with Crippen LogP contribution in [0.2, 0.25) is 5.02 Å². The number of hydrogen-bond donors (Lipinski definition) is 3. The lowest BCUT2D eigenvalue weighted by molar-refractivity contribution is 0.0972. The van der Waals surface area contributed by atoms with Gasteiger partial charge in [-0.2, -0.15) is 0 Å². The molecule has 1 atom stereocenters. The summed E-state index contributed by atoms with van der Waals surface area (Å²) in [4.78, 5) is 15.2. The number of carbonyl (C=O) groups excluding carboxylic acids is 1. The number of primary amides is 1. The highest BCUT2D eigenvalue weighted by atomic mass is 35.5. The summed E-state index contributed by atoms with van der Waals surface area (Å²) in [5.41, 5.74) is 6.20. The van der Waals surface area contributed by atoms with Crippen LogP contribution in [-0.4, -0.2) is 18.9 Å². The first-order chi connectivity index (χ1) is 11.0. The van der Waals surface area contributed by atoms with E-state index in [4.69, 9.17) is 21.8 Å². The average Bonchev–Trinajstić information content (AvgIpc) is 3.00. The van der Waals surface area contributed by atoms with E-state index in [1.807, 2.05) is 31.2 Å². The lowest BCUT2D eigenvalue weighted by Crippen LogP contribution is -2.38. The van der Waals surface area contributed by atoms with Gasteiger partial charge in [0.1, 0.15) is 5.76 Å². The molecule has 0 saturated carbocycles. The molecule has 122 valence electrons. The maximum atomic E-state index is 11.0. The van der Waals surface area contributed by atoms with E-state index in [1.54, 1.807) is 19.2 Å². The van der Waals surface area contributed by atoms with Gasteiger partial charge in [-0.25, -0.2) is 0 Å². The van der Waals surface area contributed by atoms with E-state index in [1.165, 1.54) is 0 Å². The summed E-state index contributed by atoms with van der Waals surface area (Å²) >= 11 is 6.00. The zero-order chi connectivity index (χ0) is 16.8. The van der Waals surface area contributed by atoms with Gasteiger partial charge in [0.05, 0.1) is 12.6 Å². The van der Waals surface area contributed by atoms with Gasteiger partial charge in [-0.15, -0.1) is 0 Å². The molecule has 0 radical (unpaired) electrons. The van der Waals surface area contributed by atoms with Crippen LogP contribution in [0.3, 0.4) is 0 Å². The third-order valence-electron chi connectivity index (χ3n) is 3.26. The first kappa shape index (κ1) is 16.9. The van der Waals surface area contributed by atoms with Crippen molar-refractivity contribution < 1.29 is 9.21 Å². The van der Waals surface area contributed by atoms with Crippen molar-refractivity contribution in [1.29, 1.82) is 0 Å². The molecule has 2 aromatic rings. The molecule has 0 aliphatic carbocycles. The quantitative estimate of drug-likeness (QED) is 0.578. The number of benzene rings is 1. The number of aliphatic imine (C=N–C) groups is 1. The maximum absolute atomic E-state index is 11.0. The van der Waals surface area contributed by atoms with E-state index in [-0.39, 0.29) is 11.8 Å². The van der Waals surface area contributed by atoms with Gasteiger partial charge in [0.15, 0.2) is 11.7 Å². The Morgan fingerprint density at radius 1 is 1.39 bits per heavy atom. The summed E-state index contributed by atoms with van der Waals surface area (Å²) in [5.74, 6) is 0.747. The highest BCUT2D eigenvalue weighted by Gasteiger charge is 2.10. The number of amides is 1. The molecule has 1 amide bonds. The summed E-state index contributed by atoms with van der Waals surface area (Å²) in [7, 11) is 1.68. The predicted octanol–water partition coefficient (Wildman–Crippen LogP) is 2.46. The third kappa shape index (κ3) is 4.75. The fraction of sp³-hybridized carbons (Fsp3) is 0.250. The van der Waals surface area contributed by atoms with Crippen molar-refractivity contribution in [2.75, 3.05) is 7.05 Å². The van der Waals surface area contributed by atoms with Crippen LogP contribution in [-0.2, 0) is 6.54 Å². The van der Waals surface area contributed by atoms with Crippen LogP contribution in [0.4, 0.5) is 0 Å². The molecule has 1 unspecified atom stereocenters. The Labute approximate surface area is 139 Å². The number of guanidine groups is 1. The molecule has 0 fully saturated rings. The van der Waals surface area contributed by atoms with Gasteiger partial charge in [-0.05, 0) is 36.8 Å². The second-order valence-corrected chi connectivity index (χ2v) is 5.41. The smallest absolute Gasteiger partial charge is 0.284 e. The Morgan fingerprint density at radius 2 is 2.17 bits per heavy atom. The first-order valence-electron chi connectivity index (χ1n) is 7.10. The molecule has 23 heavy (non-hydrogen) atoms. The Bertz CT molecular complexity index is 712. The predicted molar refractivity (Wildman–Crippen MR) is 90.4 cm³/mol. The van der Waals surface area contributed by atoms with Gasteiger partial charge in [-0.3, -0.25) is 9.79 Å². The van der Waals surface area contributed by atoms with Crippen LogP contribution in [0.15, 0.2) is 45.8 Å². The number of nitrogens with zero attached hydrogens (tertiary/aromatic N) is 1. The van der Waals surface area contributed by atoms with Gasteiger partial charge in [-0.1, -0.05) is 23.7 Å². The second-order valence-electron chi connectivity index (χ2n) is 4.98. The van der Waals surface area contributed by atoms with Crippen LogP contribution in [0.5, 0.6) is 0 Å². The Morgan fingerprint density at radius 3 is 2.78 bits per heavy atom. The Hall–Kier alpha value is -2.47. The van der Waals surface area contributed by atoms with Gasteiger partial charge >= 0.3 is 0 Å². The fourth-order valence-corrected chi connectivity index (χ4v) is 2.23. The molecular formula is C16H19ClN4O2. The molecule has 1 aromatic carbocycles. The Kier molecular flexibility index (Phi) is 5.65. The minimum Gasteiger partial charge on any atom is -0.454 e. The fourth-order valence-electron chi connectivity index (χ4n) is 2.04. The number of nitrogens with two attached hydrogens (primary N) is 1. The number of halogens is 1. The van der Waals surface area contributed by atoms with Crippen molar-refractivity contribution in [3.8, 4) is 0 Å². The molecule has 1 heterocycles. The number of nitrogens with one attached hydrogen (secondary N) is 2. The van der Waals surface area contributed by atoms with Crippen LogP contribution in [0, 0.1) is 0 Å². The van der Waals surface area contributed by atoms with Crippen molar-refractivity contribution in [2.45, 2.75) is 19.5 Å². The molecule has 0 bridgehead atoms. The first-order valence-corrected chi connectivity index (χ1v) is 7.48. The summed E-state index contributed by atoms with van der Waals surface area (Å²) < 4.78 is 5.31. The minimum atomic E-state index is -0.590. The standard InChI is InChI=1S/C16H19ClN4O2/c1-10(11-4-3-5-12(17)8-11)21-16(19-2)20-9-13-6-7-14(23-13)15(18)22/h3-8,10H,9H2,1-2H3,(H2,18,22)(H2,19,20,21). The number of furan rings is 1. The number of carbonyl (C=O) groups is 1. The molecule has 0 aliphatic heterocycles. The van der Waals surface area contributed by atoms with Gasteiger partial charge in [0.25, 0.3) is 5.91 Å². The summed E-state index contributed by atoms with van der Waals surface area (Å²) in [5, 5.41) is 7.06. The summed E-state index contributed by atoms with van der Waals surface area (Å²) in [6.07, 6.45) is 0. The highest BCUT2D eigenvalue weighted by Crippen LogP contribution is 2.17. The molecule has 0 saturated heterocycles. The topological polar surface area (TPSA) is 92.6 Å². The van der Waals surface area contributed by atoms with E-state index in [9.17, 15) is 4.79 Å². The zero-order valence-corrected chi connectivity index (χ0v) is 13.7. The van der Waals surface area contributed by atoms with Crippen molar-refractivity contribution in [3.63, 3.8) is 0 Å². The Balaban J connectivity index is 1.93. The largest absolute Gasteiger partial charge is 0.454 e. The number of rotatable bonds is 5. The van der Waals surface area contributed by atoms with Crippen LogP contribution < -0.4 is 16.4 Å². The van der Waals surface area contributed by atoms with Crippen molar-refractivity contribution >= 4 is 23.5 Å². The molecule has 6 nitrogen and oxygen atoms in total. The molecule has 2 rings (SSSR count). The molecule has 4 N–H and O–H groups in total. The lowest BCUT2D eigenvalue weighted by atomic mass is 10.1. The van der Waals surface area contributed by atoms with Crippen molar-refractivity contribution in [3.05, 3.63) is 58.5 Å². The number of hydrogen-bond acceptors (Lipinski definition) is 3. The molecule has 0 spiro atoms. The van der Waals surface area contributed by atoms with E-state index < -0.39 is 5.91 Å². The molecule has 0 aliphatic rings. The SMILES string of the molecule is CN=C(NCc1ccc(C(N)=O)o1)NC(C)c1cccc(Cl)c1. The zero-order valence-electron chi connectivity index (χ0n) is 13.0. The summed E-state index contributed by atoms with van der Waals surface area (Å²) in [6.45, 7) is 2.39. The van der Waals surface area contributed by atoms with Crippen LogP contribution >= 0.6 is 11.6 Å². The molecular weight excluding hydrogens is 316 g/mol. The van der Waals surface area contributed by atoms with Crippen molar-refractivity contribution in [2.24, 2.45) is 10.7 Å². The third-order valence-corrected chi connectivity index (χ3v) is 3.50. The normalized spacial score (nSPS) is 12.7. The summed E-state index contributed by atoms with van der Waals surface area (Å²) in [6, 6.07) is 10.9. The van der Waals surface area contributed by atoms with E-state index in [2.05, 4.69) is 15.6 Å².